The average Bonchev–Trinajstić information content (AvgIpc) is 3.28. The van der Waals surface area contributed by atoms with Crippen LogP contribution in [0.3, 0.4) is 0 Å². The van der Waals surface area contributed by atoms with Crippen molar-refractivity contribution in [2.45, 2.75) is 103 Å². The molecule has 1 amide bonds. The second-order valence-corrected chi connectivity index (χ2v) is 15.5. The fraction of sp³-hybridized carbons (Fsp3) is 0.583. The van der Waals surface area contributed by atoms with Crippen LogP contribution in [0.4, 0.5) is 0 Å². The summed E-state index contributed by atoms with van der Waals surface area (Å²) < 4.78 is 33.2. The maximum absolute atomic E-state index is 12.5. The van der Waals surface area contributed by atoms with Crippen molar-refractivity contribution in [3.05, 3.63) is 70.8 Å². The van der Waals surface area contributed by atoms with E-state index in [-0.39, 0.29) is 83.0 Å². The van der Waals surface area contributed by atoms with Gasteiger partial charge in [0.25, 0.3) is 0 Å². The number of aliphatic hydroxyl groups is 3. The van der Waals surface area contributed by atoms with Gasteiger partial charge in [0.1, 0.15) is 44.7 Å². The Hall–Kier alpha value is -4.80. The molecule has 3 atom stereocenters. The largest absolute Gasteiger partial charge is 0.462 e. The number of carbonyl (C=O) groups excluding carboxylic acids is 4. The minimum atomic E-state index is -1.19. The summed E-state index contributed by atoms with van der Waals surface area (Å²) in [6, 6.07) is 12.7. The van der Waals surface area contributed by atoms with E-state index < -0.39 is 41.6 Å². The Morgan fingerprint density at radius 3 is 1.47 bits per heavy atom. The molecule has 0 aliphatic heterocycles. The molecule has 2 aromatic carbocycles. The van der Waals surface area contributed by atoms with Gasteiger partial charge in [0.2, 0.25) is 5.91 Å². The summed E-state index contributed by atoms with van der Waals surface area (Å²) in [4.78, 5) is 51.3. The third-order valence-electron chi connectivity index (χ3n) is 9.97. The van der Waals surface area contributed by atoms with E-state index in [1.807, 2.05) is 6.92 Å². The number of carbonyl (C=O) groups is 4. The van der Waals surface area contributed by atoms with Crippen LogP contribution >= 0.6 is 0 Å². The fourth-order valence-electron chi connectivity index (χ4n) is 6.09. The van der Waals surface area contributed by atoms with Crippen molar-refractivity contribution in [1.29, 1.82) is 0 Å². The number of esters is 3. The van der Waals surface area contributed by atoms with Gasteiger partial charge in [-0.15, -0.1) is 12.8 Å². The smallest absolute Gasteiger partial charge is 0.338 e. The zero-order valence-corrected chi connectivity index (χ0v) is 36.7. The van der Waals surface area contributed by atoms with Gasteiger partial charge >= 0.3 is 17.9 Å². The molecular formula is C48H67NO13. The first-order valence-electron chi connectivity index (χ1n) is 21.5. The number of benzene rings is 2. The highest BCUT2D eigenvalue weighted by Crippen LogP contribution is 2.25. The molecular weight excluding hydrogens is 799 g/mol. The lowest BCUT2D eigenvalue weighted by molar-refractivity contribution is -0.152. The molecule has 0 saturated heterocycles. The van der Waals surface area contributed by atoms with E-state index in [1.54, 1.807) is 43.4 Å². The molecule has 0 spiro atoms. The molecule has 0 saturated carbocycles. The highest BCUT2D eigenvalue weighted by atomic mass is 16.6. The Kier molecular flexibility index (Phi) is 26.8. The predicted octanol–water partition coefficient (Wildman–Crippen LogP) is 5.11. The summed E-state index contributed by atoms with van der Waals surface area (Å²) in [5.41, 5.74) is 0.621. The van der Waals surface area contributed by atoms with Gasteiger partial charge in [-0.3, -0.25) is 9.59 Å². The number of hydrogen-bond acceptors (Lipinski definition) is 13. The van der Waals surface area contributed by atoms with Crippen molar-refractivity contribution < 1.29 is 62.9 Å². The molecule has 3 unspecified atom stereocenters. The first-order valence-corrected chi connectivity index (χ1v) is 21.5. The average molecular weight is 866 g/mol. The molecule has 0 aliphatic rings. The minimum absolute atomic E-state index is 0.0141. The molecule has 14 heteroatoms. The molecule has 342 valence electrons. The summed E-state index contributed by atoms with van der Waals surface area (Å²) in [5, 5.41) is 31.6. The zero-order chi connectivity index (χ0) is 45.6. The van der Waals surface area contributed by atoms with Crippen molar-refractivity contribution in [2.24, 2.45) is 5.41 Å². The number of amides is 1. The van der Waals surface area contributed by atoms with Crippen molar-refractivity contribution >= 4 is 23.8 Å². The number of unbranched alkanes of at least 4 members (excludes halogenated alkanes) is 8. The van der Waals surface area contributed by atoms with Crippen LogP contribution in [-0.2, 0) is 38.0 Å². The Morgan fingerprint density at radius 1 is 0.629 bits per heavy atom. The Bertz CT molecular complexity index is 1630. The second kappa shape index (κ2) is 31.1. The summed E-state index contributed by atoms with van der Waals surface area (Å²) >= 11 is 0. The monoisotopic (exact) mass is 865 g/mol. The molecule has 0 radical (unpaired) electrons. The standard InChI is InChI=1S/C48H67NO13/c1-6-10-11-12-13-14-15-16-17-24-44(53)49(5)27-45(54)60-31-41(50)28-57-34-48(9-4,35-58-29-42(51)32-61-46(55)39-22-18-20-37(7-2)25-39)36-59-30-43(52)33-62-47(56)40-23-19-21-38(8-3)26-40/h2-3,18-23,25-26,41-43,50-52H,6,9-17,24,27-36H2,1,4-5H3. The van der Waals surface area contributed by atoms with Gasteiger partial charge in [0, 0.05) is 30.0 Å². The Morgan fingerprint density at radius 2 is 1.05 bits per heavy atom. The van der Waals surface area contributed by atoms with Crippen molar-refractivity contribution in [3.63, 3.8) is 0 Å². The van der Waals surface area contributed by atoms with E-state index in [2.05, 4.69) is 18.8 Å². The maximum Gasteiger partial charge on any atom is 0.338 e. The van der Waals surface area contributed by atoms with Gasteiger partial charge in [0.15, 0.2) is 0 Å². The first kappa shape index (κ1) is 53.3. The SMILES string of the molecule is C#Cc1cccc(C(=O)OCC(O)COCC(CC)(COCC(O)COC(=O)CN(C)C(=O)CCCCCCCCCCC)COCC(O)COC(=O)c2cccc(C#C)c2)c1. The van der Waals surface area contributed by atoms with Crippen molar-refractivity contribution in [3.8, 4) is 24.7 Å². The molecule has 0 aromatic heterocycles. The fourth-order valence-corrected chi connectivity index (χ4v) is 6.09. The summed E-state index contributed by atoms with van der Waals surface area (Å²) in [5.74, 6) is 2.77. The summed E-state index contributed by atoms with van der Waals surface area (Å²) in [6.45, 7) is 2.05. The van der Waals surface area contributed by atoms with Crippen LogP contribution in [0.25, 0.3) is 0 Å². The molecule has 0 fully saturated rings. The van der Waals surface area contributed by atoms with Crippen molar-refractivity contribution in [1.82, 2.24) is 4.90 Å². The molecule has 62 heavy (non-hydrogen) atoms. The van der Waals surface area contributed by atoms with Crippen LogP contribution in [0.1, 0.15) is 116 Å². The van der Waals surface area contributed by atoms with Crippen LogP contribution < -0.4 is 0 Å². The van der Waals surface area contributed by atoms with E-state index in [9.17, 15) is 34.5 Å². The lowest BCUT2D eigenvalue weighted by Crippen LogP contribution is -2.40. The molecule has 2 aromatic rings. The van der Waals surface area contributed by atoms with Crippen LogP contribution in [0.5, 0.6) is 0 Å². The number of nitrogens with zero attached hydrogens (tertiary/aromatic N) is 1. The van der Waals surface area contributed by atoms with E-state index in [0.29, 0.717) is 24.0 Å². The van der Waals surface area contributed by atoms with Crippen LogP contribution in [0.2, 0.25) is 0 Å². The summed E-state index contributed by atoms with van der Waals surface area (Å²) in [6.07, 6.45) is 18.3. The van der Waals surface area contributed by atoms with Crippen LogP contribution in [0.15, 0.2) is 48.5 Å². The van der Waals surface area contributed by atoms with Crippen molar-refractivity contribution in [2.75, 3.05) is 73.1 Å². The molecule has 2 rings (SSSR count). The molecule has 14 nitrogen and oxygen atoms in total. The molecule has 0 bridgehead atoms. The van der Waals surface area contributed by atoms with Gasteiger partial charge in [-0.05, 0) is 49.2 Å². The Balaban J connectivity index is 1.86. The number of aliphatic hydroxyl groups excluding tert-OH is 3. The van der Waals surface area contributed by atoms with E-state index >= 15 is 0 Å². The highest BCUT2D eigenvalue weighted by molar-refractivity contribution is 5.90. The van der Waals surface area contributed by atoms with Gasteiger partial charge in [-0.1, -0.05) is 89.2 Å². The molecule has 0 aliphatic carbocycles. The topological polar surface area (TPSA) is 188 Å². The number of hydrogen-bond donors (Lipinski definition) is 3. The van der Waals surface area contributed by atoms with E-state index in [1.165, 1.54) is 55.6 Å². The normalized spacial score (nSPS) is 13.4. The third kappa shape index (κ3) is 22.3. The van der Waals surface area contributed by atoms with Crippen LogP contribution in [0, 0.1) is 30.1 Å². The minimum Gasteiger partial charge on any atom is -0.462 e. The van der Waals surface area contributed by atoms with Gasteiger partial charge < -0.3 is 48.6 Å². The van der Waals surface area contributed by atoms with Crippen LogP contribution in [-0.4, -0.2) is 135 Å². The number of likely N-dealkylation sites (N-methyl/N-ethyl adjacent to an activating group) is 1. The second-order valence-electron chi connectivity index (χ2n) is 15.5. The first-order chi connectivity index (χ1) is 29.8. The van der Waals surface area contributed by atoms with Gasteiger partial charge in [-0.2, -0.15) is 0 Å². The predicted molar refractivity (Wildman–Crippen MR) is 233 cm³/mol. The highest BCUT2D eigenvalue weighted by Gasteiger charge is 2.31. The molecule has 3 N–H and O–H groups in total. The third-order valence-corrected chi connectivity index (χ3v) is 9.97. The van der Waals surface area contributed by atoms with E-state index in [0.717, 1.165) is 19.3 Å². The Labute approximate surface area is 367 Å². The number of rotatable bonds is 33. The summed E-state index contributed by atoms with van der Waals surface area (Å²) in [7, 11) is 1.55. The van der Waals surface area contributed by atoms with Gasteiger partial charge in [0.05, 0.1) is 50.8 Å². The quantitative estimate of drug-likeness (QED) is 0.0372. The van der Waals surface area contributed by atoms with Gasteiger partial charge in [-0.25, -0.2) is 9.59 Å². The molecule has 0 heterocycles. The number of ether oxygens (including phenoxy) is 6. The number of terminal acetylenes is 2. The maximum atomic E-state index is 12.5. The van der Waals surface area contributed by atoms with E-state index in [4.69, 9.17) is 41.3 Å². The zero-order valence-electron chi connectivity index (χ0n) is 36.7. The lowest BCUT2D eigenvalue weighted by atomic mass is 9.88. The lowest BCUT2D eigenvalue weighted by Gasteiger charge is -2.33.